The topological polar surface area (TPSA) is 231 Å². The first kappa shape index (κ1) is 27.8. The van der Waals surface area contributed by atoms with Crippen molar-refractivity contribution in [3.05, 3.63) is 0 Å². The third-order valence-corrected chi connectivity index (χ3v) is 4.30. The lowest BCUT2D eigenvalue weighted by atomic mass is 10.0. The van der Waals surface area contributed by atoms with Crippen molar-refractivity contribution in [2.45, 2.75) is 70.6 Å². The Bertz CT molecular complexity index is 696. The highest BCUT2D eigenvalue weighted by molar-refractivity contribution is 5.94. The van der Waals surface area contributed by atoms with Gasteiger partial charge < -0.3 is 37.6 Å². The van der Waals surface area contributed by atoms with Crippen molar-refractivity contribution < 1.29 is 39.0 Å². The summed E-state index contributed by atoms with van der Waals surface area (Å²) in [7, 11) is 0. The standard InChI is InChI=1S/C18H31N5O8/c1-8(2)14(17(29)22-11(18(30)31)5-7-13(25)26)23-15(27)9(3)21-16(28)10(19)4-6-12(20)24/h8-11,14H,4-7,19H2,1-3H3,(H2,20,24)(H,21,28)(H,22,29)(H,23,27)(H,25,26)(H,30,31). The molecule has 0 rings (SSSR count). The normalized spacial score (nSPS) is 14.6. The van der Waals surface area contributed by atoms with E-state index in [9.17, 15) is 33.9 Å². The van der Waals surface area contributed by atoms with Gasteiger partial charge in [-0.2, -0.15) is 0 Å². The van der Waals surface area contributed by atoms with Crippen molar-refractivity contribution in [3.63, 3.8) is 0 Å². The molecule has 4 amide bonds. The number of rotatable bonds is 14. The van der Waals surface area contributed by atoms with E-state index in [-0.39, 0.29) is 19.3 Å². The quantitative estimate of drug-likeness (QED) is 0.151. The van der Waals surface area contributed by atoms with Crippen LogP contribution in [0.2, 0.25) is 0 Å². The number of carbonyl (C=O) groups is 6. The van der Waals surface area contributed by atoms with Gasteiger partial charge in [-0.05, 0) is 25.7 Å². The Kier molecular flexibility index (Phi) is 11.8. The van der Waals surface area contributed by atoms with Gasteiger partial charge in [-0.1, -0.05) is 13.8 Å². The van der Waals surface area contributed by atoms with Crippen LogP contribution in [-0.2, 0) is 28.8 Å². The fourth-order valence-electron chi connectivity index (χ4n) is 2.41. The molecule has 13 heteroatoms. The van der Waals surface area contributed by atoms with Crippen LogP contribution in [-0.4, -0.2) is 69.9 Å². The van der Waals surface area contributed by atoms with Gasteiger partial charge >= 0.3 is 11.9 Å². The van der Waals surface area contributed by atoms with Gasteiger partial charge in [-0.15, -0.1) is 0 Å². The summed E-state index contributed by atoms with van der Waals surface area (Å²) in [4.78, 5) is 69.6. The molecule has 0 radical (unpaired) electrons. The Hall–Kier alpha value is -3.22. The van der Waals surface area contributed by atoms with Gasteiger partial charge in [-0.25, -0.2) is 4.79 Å². The number of primary amides is 1. The van der Waals surface area contributed by atoms with Crippen molar-refractivity contribution in [2.24, 2.45) is 17.4 Å². The molecule has 4 atom stereocenters. The summed E-state index contributed by atoms with van der Waals surface area (Å²) in [5.74, 6) is -5.91. The molecule has 0 aromatic rings. The van der Waals surface area contributed by atoms with Crippen molar-refractivity contribution >= 4 is 35.6 Å². The summed E-state index contributed by atoms with van der Waals surface area (Å²) >= 11 is 0. The van der Waals surface area contributed by atoms with E-state index < -0.39 is 72.1 Å². The summed E-state index contributed by atoms with van der Waals surface area (Å²) in [6.07, 6.45) is -0.892. The van der Waals surface area contributed by atoms with E-state index in [1.54, 1.807) is 13.8 Å². The zero-order chi connectivity index (χ0) is 24.3. The predicted molar refractivity (Wildman–Crippen MR) is 107 cm³/mol. The van der Waals surface area contributed by atoms with Crippen LogP contribution in [0.4, 0.5) is 0 Å². The second kappa shape index (κ2) is 13.2. The fraction of sp³-hybridized carbons (Fsp3) is 0.667. The minimum absolute atomic E-state index is 0.000545. The number of amides is 4. The Labute approximate surface area is 179 Å². The highest BCUT2D eigenvalue weighted by Gasteiger charge is 2.30. The Balaban J connectivity index is 4.99. The largest absolute Gasteiger partial charge is 0.481 e. The molecule has 0 spiro atoms. The summed E-state index contributed by atoms with van der Waals surface area (Å²) in [5.41, 5.74) is 10.6. The summed E-state index contributed by atoms with van der Waals surface area (Å²) in [6, 6.07) is -4.72. The van der Waals surface area contributed by atoms with Gasteiger partial charge in [0.15, 0.2) is 0 Å². The smallest absolute Gasteiger partial charge is 0.326 e. The minimum Gasteiger partial charge on any atom is -0.481 e. The Morgan fingerprint density at radius 1 is 0.806 bits per heavy atom. The summed E-state index contributed by atoms with van der Waals surface area (Å²) < 4.78 is 0. The third kappa shape index (κ3) is 10.9. The number of carboxylic acids is 2. The van der Waals surface area contributed by atoms with Crippen LogP contribution in [0.1, 0.15) is 46.5 Å². The van der Waals surface area contributed by atoms with E-state index in [0.717, 1.165) is 0 Å². The number of nitrogens with one attached hydrogen (secondary N) is 3. The van der Waals surface area contributed by atoms with Crippen LogP contribution < -0.4 is 27.4 Å². The first-order chi connectivity index (χ1) is 14.3. The molecule has 0 fully saturated rings. The maximum atomic E-state index is 12.5. The summed E-state index contributed by atoms with van der Waals surface area (Å²) in [6.45, 7) is 4.58. The molecule has 0 aromatic heterocycles. The zero-order valence-electron chi connectivity index (χ0n) is 17.7. The van der Waals surface area contributed by atoms with Crippen LogP contribution >= 0.6 is 0 Å². The number of hydrogen-bond acceptors (Lipinski definition) is 7. The van der Waals surface area contributed by atoms with Gasteiger partial charge in [0.2, 0.25) is 23.6 Å². The first-order valence-electron chi connectivity index (χ1n) is 9.65. The van der Waals surface area contributed by atoms with Crippen LogP contribution in [0.25, 0.3) is 0 Å². The van der Waals surface area contributed by atoms with Crippen molar-refractivity contribution in [1.82, 2.24) is 16.0 Å². The molecule has 0 heterocycles. The molecule has 0 bridgehead atoms. The molecule has 0 saturated heterocycles. The van der Waals surface area contributed by atoms with Gasteiger partial charge in [-0.3, -0.25) is 24.0 Å². The lowest BCUT2D eigenvalue weighted by molar-refractivity contribution is -0.143. The maximum Gasteiger partial charge on any atom is 0.326 e. The molecule has 0 aliphatic rings. The summed E-state index contributed by atoms with van der Waals surface area (Å²) in [5, 5.41) is 24.9. The van der Waals surface area contributed by atoms with Crippen molar-refractivity contribution in [3.8, 4) is 0 Å². The van der Waals surface area contributed by atoms with E-state index in [4.69, 9.17) is 16.6 Å². The van der Waals surface area contributed by atoms with E-state index in [1.807, 2.05) is 0 Å². The average Bonchev–Trinajstić information content (AvgIpc) is 2.65. The van der Waals surface area contributed by atoms with Gasteiger partial charge in [0.1, 0.15) is 18.1 Å². The van der Waals surface area contributed by atoms with Crippen LogP contribution in [0, 0.1) is 5.92 Å². The average molecular weight is 445 g/mol. The lowest BCUT2D eigenvalue weighted by Crippen LogP contribution is -2.57. The first-order valence-corrected chi connectivity index (χ1v) is 9.65. The molecule has 176 valence electrons. The molecule has 0 aliphatic carbocycles. The molecule has 0 saturated carbocycles. The van der Waals surface area contributed by atoms with Crippen LogP contribution in [0.3, 0.4) is 0 Å². The molecule has 4 unspecified atom stereocenters. The van der Waals surface area contributed by atoms with E-state index in [0.29, 0.717) is 0 Å². The van der Waals surface area contributed by atoms with Crippen LogP contribution in [0.15, 0.2) is 0 Å². The zero-order valence-corrected chi connectivity index (χ0v) is 17.7. The number of nitrogens with two attached hydrogens (primary N) is 2. The minimum atomic E-state index is -1.44. The fourth-order valence-corrected chi connectivity index (χ4v) is 2.41. The Morgan fingerprint density at radius 2 is 1.39 bits per heavy atom. The molecular weight excluding hydrogens is 414 g/mol. The second-order valence-electron chi connectivity index (χ2n) is 7.40. The molecule has 31 heavy (non-hydrogen) atoms. The molecular formula is C18H31N5O8. The highest BCUT2D eigenvalue weighted by atomic mass is 16.4. The number of hydrogen-bond donors (Lipinski definition) is 7. The van der Waals surface area contributed by atoms with Gasteiger partial charge in [0.05, 0.1) is 6.04 Å². The van der Waals surface area contributed by atoms with Crippen LogP contribution in [0.5, 0.6) is 0 Å². The maximum absolute atomic E-state index is 12.5. The molecule has 9 N–H and O–H groups in total. The van der Waals surface area contributed by atoms with Crippen molar-refractivity contribution in [1.29, 1.82) is 0 Å². The van der Waals surface area contributed by atoms with E-state index in [2.05, 4.69) is 16.0 Å². The van der Waals surface area contributed by atoms with Gasteiger partial charge in [0.25, 0.3) is 0 Å². The van der Waals surface area contributed by atoms with E-state index in [1.165, 1.54) is 6.92 Å². The monoisotopic (exact) mass is 445 g/mol. The molecule has 0 aromatic carbocycles. The predicted octanol–water partition coefficient (Wildman–Crippen LogP) is -2.34. The Morgan fingerprint density at radius 3 is 1.84 bits per heavy atom. The lowest BCUT2D eigenvalue weighted by Gasteiger charge is -2.25. The SMILES string of the molecule is CC(NC(=O)C(N)CCC(N)=O)C(=O)NC(C(=O)NC(CCC(=O)O)C(=O)O)C(C)C. The number of carboxylic acid groups (broad SMARTS) is 2. The number of aliphatic carboxylic acids is 2. The van der Waals surface area contributed by atoms with Gasteiger partial charge in [0, 0.05) is 12.8 Å². The molecule has 0 aliphatic heterocycles. The van der Waals surface area contributed by atoms with E-state index >= 15 is 0 Å². The molecule has 13 nitrogen and oxygen atoms in total. The third-order valence-electron chi connectivity index (χ3n) is 4.30. The second-order valence-corrected chi connectivity index (χ2v) is 7.40. The van der Waals surface area contributed by atoms with Crippen molar-refractivity contribution in [2.75, 3.05) is 0 Å². The highest BCUT2D eigenvalue weighted by Crippen LogP contribution is 2.06. The number of carbonyl (C=O) groups excluding carboxylic acids is 4.